The molecule has 96 valence electrons. The van der Waals surface area contributed by atoms with Crippen LogP contribution in [0.25, 0.3) is 0 Å². The molecule has 2 aromatic rings. The number of hydrogen-bond donors (Lipinski definition) is 0. The third-order valence-corrected chi connectivity index (χ3v) is 5.23. The van der Waals surface area contributed by atoms with Gasteiger partial charge in [-0.15, -0.1) is 0 Å². The number of alkyl halides is 2. The van der Waals surface area contributed by atoms with Crippen LogP contribution < -0.4 is 0 Å². The van der Waals surface area contributed by atoms with Crippen molar-refractivity contribution in [2.24, 2.45) is 0 Å². The molecule has 0 N–H and O–H groups in total. The number of rotatable bonds is 5. The number of hydrogen-bond acceptors (Lipinski definition) is 1. The Morgan fingerprint density at radius 1 is 1.11 bits per heavy atom. The van der Waals surface area contributed by atoms with Crippen LogP contribution in [0, 0.1) is 5.82 Å². The maximum absolute atomic E-state index is 14.0. The molecular weight excluding hydrogens is 363 g/mol. The lowest BCUT2D eigenvalue weighted by Gasteiger charge is -2.30. The van der Waals surface area contributed by atoms with Crippen molar-refractivity contribution in [3.8, 4) is 0 Å². The molecule has 0 atom stereocenters. The molecule has 0 amide bonds. The third kappa shape index (κ3) is 2.69. The number of benzene rings is 1. The predicted octanol–water partition coefficient (Wildman–Crippen LogP) is 4.69. The lowest BCUT2D eigenvalue weighted by Crippen LogP contribution is -2.33. The van der Waals surface area contributed by atoms with E-state index in [1.807, 2.05) is 18.2 Å². The van der Waals surface area contributed by atoms with Gasteiger partial charge in [0.2, 0.25) is 0 Å². The normalized spacial score (nSPS) is 11.7. The maximum Gasteiger partial charge on any atom is 0.127 e. The van der Waals surface area contributed by atoms with E-state index in [2.05, 4.69) is 31.9 Å². The van der Waals surface area contributed by atoms with Crippen LogP contribution in [0.5, 0.6) is 0 Å². The molecule has 1 nitrogen and oxygen atoms in total. The molecule has 1 heterocycles. The summed E-state index contributed by atoms with van der Waals surface area (Å²) in [5, 5.41) is 1.36. The monoisotopic (exact) mass is 374 g/mol. The van der Waals surface area contributed by atoms with Crippen LogP contribution in [0.1, 0.15) is 11.1 Å². The highest BCUT2D eigenvalue weighted by Gasteiger charge is 2.33. The van der Waals surface area contributed by atoms with E-state index >= 15 is 0 Å². The first-order valence-electron chi connectivity index (χ1n) is 5.60. The van der Waals surface area contributed by atoms with Crippen molar-refractivity contribution in [3.05, 3.63) is 59.8 Å². The lowest BCUT2D eigenvalue weighted by molar-refractivity contribution is 0.495. The maximum atomic E-state index is 14.0. The summed E-state index contributed by atoms with van der Waals surface area (Å²) in [6, 6.07) is 8.85. The van der Waals surface area contributed by atoms with Crippen molar-refractivity contribution < 1.29 is 8.81 Å². The fourth-order valence-corrected chi connectivity index (χ4v) is 3.97. The summed E-state index contributed by atoms with van der Waals surface area (Å²) in [7, 11) is 0. The van der Waals surface area contributed by atoms with Crippen molar-refractivity contribution in [1.29, 1.82) is 0 Å². The van der Waals surface area contributed by atoms with Gasteiger partial charge in [0.05, 0.1) is 12.5 Å². The Balaban J connectivity index is 2.40. The van der Waals surface area contributed by atoms with Crippen molar-refractivity contribution in [2.75, 3.05) is 10.7 Å². The molecule has 18 heavy (non-hydrogen) atoms. The standard InChI is InChI=1S/C14H13Br2FO/c15-9-14(10-16,7-11-5-6-18-8-11)12-3-1-2-4-13(12)17/h1-6,8H,7,9-10H2. The van der Waals surface area contributed by atoms with Gasteiger partial charge in [-0.25, -0.2) is 4.39 Å². The van der Waals surface area contributed by atoms with Crippen LogP contribution >= 0.6 is 31.9 Å². The average molecular weight is 376 g/mol. The van der Waals surface area contributed by atoms with Crippen LogP contribution in [0.2, 0.25) is 0 Å². The minimum absolute atomic E-state index is 0.167. The van der Waals surface area contributed by atoms with Crippen molar-refractivity contribution in [1.82, 2.24) is 0 Å². The largest absolute Gasteiger partial charge is 0.472 e. The molecule has 0 saturated carbocycles. The van der Waals surface area contributed by atoms with Gasteiger partial charge in [-0.3, -0.25) is 0 Å². The van der Waals surface area contributed by atoms with Crippen molar-refractivity contribution in [3.63, 3.8) is 0 Å². The van der Waals surface area contributed by atoms with Crippen LogP contribution in [0.3, 0.4) is 0 Å². The fourth-order valence-electron chi connectivity index (χ4n) is 2.04. The van der Waals surface area contributed by atoms with Crippen molar-refractivity contribution >= 4 is 31.9 Å². The average Bonchev–Trinajstić information content (AvgIpc) is 2.90. The van der Waals surface area contributed by atoms with Crippen LogP contribution in [-0.4, -0.2) is 10.7 Å². The summed E-state index contributed by atoms with van der Waals surface area (Å²) in [5.74, 6) is -0.167. The minimum Gasteiger partial charge on any atom is -0.472 e. The molecule has 0 aliphatic heterocycles. The summed E-state index contributed by atoms with van der Waals surface area (Å²) in [6.07, 6.45) is 4.08. The molecule has 0 unspecified atom stereocenters. The Kier molecular flexibility index (Phi) is 4.62. The summed E-state index contributed by atoms with van der Waals surface area (Å²) in [6.45, 7) is 0. The topological polar surface area (TPSA) is 13.1 Å². The Morgan fingerprint density at radius 2 is 1.83 bits per heavy atom. The third-order valence-electron chi connectivity index (χ3n) is 3.08. The Bertz CT molecular complexity index is 492. The van der Waals surface area contributed by atoms with Gasteiger partial charge >= 0.3 is 0 Å². The molecule has 0 bridgehead atoms. The molecule has 0 saturated heterocycles. The van der Waals surface area contributed by atoms with Gasteiger partial charge in [-0.2, -0.15) is 0 Å². The number of halogens is 3. The second-order valence-corrected chi connectivity index (χ2v) is 5.46. The van der Waals surface area contributed by atoms with E-state index in [-0.39, 0.29) is 11.2 Å². The molecule has 2 rings (SSSR count). The van der Waals surface area contributed by atoms with Gasteiger partial charge in [-0.1, -0.05) is 50.1 Å². The lowest BCUT2D eigenvalue weighted by atomic mass is 9.79. The molecule has 1 aromatic heterocycles. The van der Waals surface area contributed by atoms with E-state index in [1.165, 1.54) is 6.07 Å². The zero-order chi connectivity index (χ0) is 13.0. The smallest absolute Gasteiger partial charge is 0.127 e. The van der Waals surface area contributed by atoms with Crippen LogP contribution in [0.4, 0.5) is 4.39 Å². The van der Waals surface area contributed by atoms with E-state index in [0.29, 0.717) is 10.7 Å². The molecule has 0 aliphatic carbocycles. The second kappa shape index (κ2) is 6.02. The Morgan fingerprint density at radius 3 is 2.39 bits per heavy atom. The first-order chi connectivity index (χ1) is 8.72. The molecule has 0 radical (unpaired) electrons. The minimum atomic E-state index is -0.310. The molecule has 1 aromatic carbocycles. The van der Waals surface area contributed by atoms with E-state index in [0.717, 1.165) is 17.5 Å². The molecular formula is C14H13Br2FO. The van der Waals surface area contributed by atoms with Gasteiger partial charge in [0.15, 0.2) is 0 Å². The highest BCUT2D eigenvalue weighted by Crippen LogP contribution is 2.34. The summed E-state index contributed by atoms with van der Waals surface area (Å²) >= 11 is 7.05. The van der Waals surface area contributed by atoms with E-state index in [4.69, 9.17) is 4.42 Å². The summed E-state index contributed by atoms with van der Waals surface area (Å²) in [5.41, 5.74) is 1.48. The van der Waals surface area contributed by atoms with E-state index < -0.39 is 0 Å². The van der Waals surface area contributed by atoms with E-state index in [1.54, 1.807) is 18.6 Å². The highest BCUT2D eigenvalue weighted by molar-refractivity contribution is 9.09. The first-order valence-corrected chi connectivity index (χ1v) is 7.84. The van der Waals surface area contributed by atoms with Gasteiger partial charge in [-0.05, 0) is 29.7 Å². The van der Waals surface area contributed by atoms with Crippen molar-refractivity contribution in [2.45, 2.75) is 11.8 Å². The molecule has 0 spiro atoms. The summed E-state index contributed by atoms with van der Waals surface area (Å²) in [4.78, 5) is 0. The Labute approximate surface area is 123 Å². The quantitative estimate of drug-likeness (QED) is 0.691. The zero-order valence-corrected chi connectivity index (χ0v) is 12.9. The van der Waals surface area contributed by atoms with Crippen LogP contribution in [-0.2, 0) is 11.8 Å². The number of furan rings is 1. The van der Waals surface area contributed by atoms with E-state index in [9.17, 15) is 4.39 Å². The fraction of sp³-hybridized carbons (Fsp3) is 0.286. The zero-order valence-electron chi connectivity index (χ0n) is 9.70. The van der Waals surface area contributed by atoms with Gasteiger partial charge in [0.1, 0.15) is 5.82 Å². The predicted molar refractivity (Wildman–Crippen MR) is 78.1 cm³/mol. The van der Waals surface area contributed by atoms with Gasteiger partial charge < -0.3 is 4.42 Å². The summed E-state index contributed by atoms with van der Waals surface area (Å²) < 4.78 is 19.1. The second-order valence-electron chi connectivity index (χ2n) is 4.34. The highest BCUT2D eigenvalue weighted by atomic mass is 79.9. The SMILES string of the molecule is Fc1ccccc1C(CBr)(CBr)Cc1ccoc1. The first kappa shape index (κ1) is 13.8. The molecule has 4 heteroatoms. The Hall–Kier alpha value is -0.610. The molecule has 0 aliphatic rings. The molecule has 0 fully saturated rings. The van der Waals surface area contributed by atoms with Gasteiger partial charge in [0, 0.05) is 16.1 Å². The van der Waals surface area contributed by atoms with Gasteiger partial charge in [0.25, 0.3) is 0 Å². The van der Waals surface area contributed by atoms with Crippen LogP contribution in [0.15, 0.2) is 47.3 Å².